The second-order valence-electron chi connectivity index (χ2n) is 4.34. The van der Waals surface area contributed by atoms with Crippen molar-refractivity contribution in [2.45, 2.75) is 19.6 Å². The Bertz CT molecular complexity index is 320. The molecule has 0 saturated carbocycles. The molecule has 0 N–H and O–H groups in total. The van der Waals surface area contributed by atoms with E-state index in [2.05, 4.69) is 42.5 Å². The molecule has 0 saturated heterocycles. The molecule has 0 radical (unpaired) electrons. The van der Waals surface area contributed by atoms with Gasteiger partial charge in [-0.3, -0.25) is 4.98 Å². The molecule has 0 bridgehead atoms. The van der Waals surface area contributed by atoms with Gasteiger partial charge in [-0.05, 0) is 18.2 Å². The molecule has 14 heavy (non-hydrogen) atoms. The Morgan fingerprint density at radius 1 is 1.14 bits per heavy atom. The lowest BCUT2D eigenvalue weighted by Gasteiger charge is -2.06. The van der Waals surface area contributed by atoms with E-state index in [9.17, 15) is 0 Å². The van der Waals surface area contributed by atoms with Crippen molar-refractivity contribution < 1.29 is 0 Å². The van der Waals surface area contributed by atoms with E-state index in [4.69, 9.17) is 0 Å². The Morgan fingerprint density at radius 2 is 1.93 bits per heavy atom. The first-order valence-electron chi connectivity index (χ1n) is 4.85. The average Bonchev–Trinajstić information content (AvgIpc) is 2.13. The highest BCUT2D eigenvalue weighted by atomic mass is 28.3. The van der Waals surface area contributed by atoms with E-state index in [1.54, 1.807) is 0 Å². The van der Waals surface area contributed by atoms with Gasteiger partial charge in [0.15, 0.2) is 0 Å². The number of aromatic nitrogens is 1. The molecule has 1 aromatic heterocycles. The molecule has 0 amide bonds. The molecule has 0 atom stereocenters. The van der Waals surface area contributed by atoms with Crippen LogP contribution in [0.15, 0.2) is 42.2 Å². The van der Waals surface area contributed by atoms with Crippen LogP contribution in [0.5, 0.6) is 0 Å². The molecule has 0 fully saturated rings. The van der Waals surface area contributed by atoms with Crippen LogP contribution in [0.2, 0.25) is 19.6 Å². The lowest BCUT2D eigenvalue weighted by molar-refractivity contribution is 1.30. The number of hydrogen-bond acceptors (Lipinski definition) is 1. The van der Waals surface area contributed by atoms with Gasteiger partial charge in [-0.25, -0.2) is 0 Å². The smallest absolute Gasteiger partial charge is 0.0687 e. The molecule has 1 nitrogen and oxygen atoms in total. The summed E-state index contributed by atoms with van der Waals surface area (Å²) < 4.78 is 0. The van der Waals surface area contributed by atoms with Crippen LogP contribution in [-0.2, 0) is 0 Å². The normalized spacial score (nSPS) is 12.8. The Morgan fingerprint density at radius 3 is 2.50 bits per heavy atom. The van der Waals surface area contributed by atoms with Crippen LogP contribution >= 0.6 is 0 Å². The topological polar surface area (TPSA) is 12.9 Å². The minimum Gasteiger partial charge on any atom is -0.257 e. The van der Waals surface area contributed by atoms with E-state index in [1.165, 1.54) is 0 Å². The van der Waals surface area contributed by atoms with Crippen LogP contribution in [0.25, 0.3) is 6.08 Å². The van der Waals surface area contributed by atoms with Crippen molar-refractivity contribution in [2.24, 2.45) is 0 Å². The highest BCUT2D eigenvalue weighted by molar-refractivity contribution is 6.81. The molecule has 0 unspecified atom stereocenters. The molecule has 0 aliphatic rings. The summed E-state index contributed by atoms with van der Waals surface area (Å²) in [5, 5.41) is 0. The summed E-state index contributed by atoms with van der Waals surface area (Å²) in [7, 11) is -1.05. The second kappa shape index (κ2) is 4.91. The summed E-state index contributed by atoms with van der Waals surface area (Å²) in [5.41, 5.74) is 3.32. The molecule has 1 rings (SSSR count). The average molecular weight is 203 g/mol. The molecule has 1 aromatic rings. The molecule has 2 heteroatoms. The highest BCUT2D eigenvalue weighted by Crippen LogP contribution is 2.02. The van der Waals surface area contributed by atoms with Gasteiger partial charge in [0, 0.05) is 6.20 Å². The molecule has 0 spiro atoms. The van der Waals surface area contributed by atoms with Crippen molar-refractivity contribution in [3.05, 3.63) is 47.9 Å². The van der Waals surface area contributed by atoms with Gasteiger partial charge in [-0.1, -0.05) is 43.6 Å². The molecular weight excluding hydrogens is 186 g/mol. The summed E-state index contributed by atoms with van der Waals surface area (Å²) in [6, 6.07) is 5.92. The predicted octanol–water partition coefficient (Wildman–Crippen LogP) is 3.53. The Labute approximate surface area is 87.2 Å². The van der Waals surface area contributed by atoms with Crippen molar-refractivity contribution in [3.63, 3.8) is 0 Å². The first kappa shape index (κ1) is 10.9. The standard InChI is InChI=1S/C12H17NSi/c1-14(2,3)11-7-5-9-12-8-4-6-10-13-12/h4-11H,1-3H3/b9-5-,11-7+. The fourth-order valence-corrected chi connectivity index (χ4v) is 1.66. The van der Waals surface area contributed by atoms with Gasteiger partial charge in [0.05, 0.1) is 13.8 Å². The summed E-state index contributed by atoms with van der Waals surface area (Å²) >= 11 is 0. The van der Waals surface area contributed by atoms with Crippen LogP contribution in [-0.4, -0.2) is 13.1 Å². The third-order valence-corrected chi connectivity index (χ3v) is 2.85. The van der Waals surface area contributed by atoms with Gasteiger partial charge in [-0.2, -0.15) is 0 Å². The van der Waals surface area contributed by atoms with Crippen molar-refractivity contribution >= 4 is 14.1 Å². The van der Waals surface area contributed by atoms with Crippen molar-refractivity contribution in [1.82, 2.24) is 4.98 Å². The minimum absolute atomic E-state index is 1.01. The summed E-state index contributed by atoms with van der Waals surface area (Å²) in [4.78, 5) is 4.20. The van der Waals surface area contributed by atoms with Gasteiger partial charge < -0.3 is 0 Å². The fourth-order valence-electron chi connectivity index (χ4n) is 0.973. The maximum atomic E-state index is 4.20. The van der Waals surface area contributed by atoms with Gasteiger partial charge in [0.2, 0.25) is 0 Å². The molecule has 74 valence electrons. The van der Waals surface area contributed by atoms with E-state index in [-0.39, 0.29) is 0 Å². The zero-order valence-electron chi connectivity index (χ0n) is 9.07. The molecule has 1 heterocycles. The Hall–Kier alpha value is -1.15. The largest absolute Gasteiger partial charge is 0.257 e. The third-order valence-electron chi connectivity index (χ3n) is 1.66. The van der Waals surface area contributed by atoms with E-state index >= 15 is 0 Å². The van der Waals surface area contributed by atoms with E-state index in [0.29, 0.717) is 0 Å². The lowest BCUT2D eigenvalue weighted by atomic mass is 10.3. The van der Waals surface area contributed by atoms with Gasteiger partial charge in [0.1, 0.15) is 0 Å². The number of hydrogen-bond donors (Lipinski definition) is 0. The Kier molecular flexibility index (Phi) is 3.83. The lowest BCUT2D eigenvalue weighted by Crippen LogP contribution is -2.14. The van der Waals surface area contributed by atoms with Gasteiger partial charge in [-0.15, -0.1) is 0 Å². The van der Waals surface area contributed by atoms with Gasteiger partial charge >= 0.3 is 0 Å². The fraction of sp³-hybridized carbons (Fsp3) is 0.250. The summed E-state index contributed by atoms with van der Waals surface area (Å²) in [6.45, 7) is 6.95. The quantitative estimate of drug-likeness (QED) is 0.541. The van der Waals surface area contributed by atoms with Crippen LogP contribution in [0, 0.1) is 0 Å². The van der Waals surface area contributed by atoms with Crippen molar-refractivity contribution in [2.75, 3.05) is 0 Å². The third kappa shape index (κ3) is 4.77. The van der Waals surface area contributed by atoms with Crippen LogP contribution in [0.1, 0.15) is 5.69 Å². The van der Waals surface area contributed by atoms with E-state index in [1.807, 2.05) is 30.5 Å². The number of pyridine rings is 1. The summed E-state index contributed by atoms with van der Waals surface area (Å²) in [5.74, 6) is 0. The highest BCUT2D eigenvalue weighted by Gasteiger charge is 2.05. The molecule has 0 aliphatic heterocycles. The molecule has 0 aromatic carbocycles. The Balaban J connectivity index is 2.54. The van der Waals surface area contributed by atoms with E-state index < -0.39 is 8.07 Å². The maximum Gasteiger partial charge on any atom is 0.0687 e. The van der Waals surface area contributed by atoms with Gasteiger partial charge in [0.25, 0.3) is 0 Å². The number of rotatable bonds is 3. The van der Waals surface area contributed by atoms with Crippen molar-refractivity contribution in [3.8, 4) is 0 Å². The van der Waals surface area contributed by atoms with Crippen LogP contribution in [0.3, 0.4) is 0 Å². The van der Waals surface area contributed by atoms with E-state index in [0.717, 1.165) is 5.69 Å². The zero-order chi connectivity index (χ0) is 10.4. The summed E-state index contributed by atoms with van der Waals surface area (Å²) in [6.07, 6.45) is 8.01. The van der Waals surface area contributed by atoms with Crippen molar-refractivity contribution in [1.29, 1.82) is 0 Å². The minimum atomic E-state index is -1.05. The monoisotopic (exact) mass is 203 g/mol. The zero-order valence-corrected chi connectivity index (χ0v) is 10.1. The van der Waals surface area contributed by atoms with Crippen LogP contribution in [0.4, 0.5) is 0 Å². The first-order chi connectivity index (χ1) is 6.58. The first-order valence-corrected chi connectivity index (χ1v) is 8.43. The number of allylic oxidation sites excluding steroid dienone is 2. The number of nitrogens with zero attached hydrogens (tertiary/aromatic N) is 1. The second-order valence-corrected chi connectivity index (χ2v) is 9.40. The molecular formula is C12H17NSi. The SMILES string of the molecule is C[Si](C)(C)/C=C/C=C\c1ccccn1. The maximum absolute atomic E-state index is 4.20. The predicted molar refractivity (Wildman–Crippen MR) is 65.8 cm³/mol. The van der Waals surface area contributed by atoms with Crippen LogP contribution < -0.4 is 0 Å². The molecule has 0 aliphatic carbocycles.